The van der Waals surface area contributed by atoms with Crippen LogP contribution in [0.15, 0.2) is 18.2 Å². The quantitative estimate of drug-likeness (QED) is 0.679. The highest BCUT2D eigenvalue weighted by atomic mass is 127. The fraction of sp³-hybridized carbons (Fsp3) is 0.417. The minimum absolute atomic E-state index is 0.180. The first-order valence-electron chi connectivity index (χ1n) is 5.16. The van der Waals surface area contributed by atoms with E-state index in [9.17, 15) is 9.90 Å². The van der Waals surface area contributed by atoms with Gasteiger partial charge < -0.3 is 9.84 Å². The summed E-state index contributed by atoms with van der Waals surface area (Å²) in [5.41, 5.74) is 0.478. The van der Waals surface area contributed by atoms with Crippen LogP contribution in [0.3, 0.4) is 0 Å². The van der Waals surface area contributed by atoms with Crippen molar-refractivity contribution in [2.45, 2.75) is 20.3 Å². The Morgan fingerprint density at radius 1 is 1.50 bits per heavy atom. The fourth-order valence-electron chi connectivity index (χ4n) is 1.10. The molecule has 0 amide bonds. The van der Waals surface area contributed by atoms with Crippen LogP contribution in [-0.4, -0.2) is 17.7 Å². The molecule has 1 aromatic rings. The molecule has 1 aromatic carbocycles. The molecule has 0 spiro atoms. The van der Waals surface area contributed by atoms with Gasteiger partial charge in [0.1, 0.15) is 5.75 Å². The maximum absolute atomic E-state index is 11.6. The molecule has 16 heavy (non-hydrogen) atoms. The summed E-state index contributed by atoms with van der Waals surface area (Å²) >= 11 is 1.97. The van der Waals surface area contributed by atoms with Gasteiger partial charge in [0.05, 0.1) is 15.7 Å². The summed E-state index contributed by atoms with van der Waals surface area (Å²) in [6, 6.07) is 4.68. The lowest BCUT2D eigenvalue weighted by Crippen LogP contribution is -2.08. The number of aromatic hydroxyl groups is 1. The Kier molecular flexibility index (Phi) is 5.05. The van der Waals surface area contributed by atoms with E-state index in [4.69, 9.17) is 4.74 Å². The van der Waals surface area contributed by atoms with Gasteiger partial charge in [-0.05, 0) is 53.1 Å². The van der Waals surface area contributed by atoms with Crippen molar-refractivity contribution >= 4 is 28.6 Å². The predicted octanol–water partition coefficient (Wildman–Crippen LogP) is 3.20. The standard InChI is InChI=1S/C12H15IO3/c1-8(2)5-6-16-12(15)9-3-4-11(14)10(13)7-9/h3-4,7-8,14H,5-6H2,1-2H3. The highest BCUT2D eigenvalue weighted by molar-refractivity contribution is 14.1. The van der Waals surface area contributed by atoms with Crippen LogP contribution in [0.25, 0.3) is 0 Å². The monoisotopic (exact) mass is 334 g/mol. The van der Waals surface area contributed by atoms with Crippen LogP contribution < -0.4 is 0 Å². The van der Waals surface area contributed by atoms with E-state index in [0.29, 0.717) is 21.7 Å². The summed E-state index contributed by atoms with van der Waals surface area (Å²) in [4.78, 5) is 11.6. The first-order chi connectivity index (χ1) is 7.50. The molecule has 0 heterocycles. The zero-order valence-corrected chi connectivity index (χ0v) is 11.5. The topological polar surface area (TPSA) is 46.5 Å². The highest BCUT2D eigenvalue weighted by Crippen LogP contribution is 2.20. The van der Waals surface area contributed by atoms with E-state index in [-0.39, 0.29) is 11.7 Å². The number of hydrogen-bond acceptors (Lipinski definition) is 3. The molecular formula is C12H15IO3. The summed E-state index contributed by atoms with van der Waals surface area (Å²) in [7, 11) is 0. The number of hydrogen-bond donors (Lipinski definition) is 1. The number of carbonyl (C=O) groups excluding carboxylic acids is 1. The molecule has 0 saturated carbocycles. The normalized spacial score (nSPS) is 10.5. The Morgan fingerprint density at radius 3 is 2.75 bits per heavy atom. The summed E-state index contributed by atoms with van der Waals surface area (Å²) in [5, 5.41) is 9.31. The van der Waals surface area contributed by atoms with Crippen molar-refractivity contribution in [1.82, 2.24) is 0 Å². The predicted molar refractivity (Wildman–Crippen MR) is 70.6 cm³/mol. The number of benzene rings is 1. The summed E-state index contributed by atoms with van der Waals surface area (Å²) in [6.45, 7) is 4.60. The lowest BCUT2D eigenvalue weighted by atomic mass is 10.1. The summed E-state index contributed by atoms with van der Waals surface area (Å²) in [6.07, 6.45) is 0.862. The highest BCUT2D eigenvalue weighted by Gasteiger charge is 2.09. The first kappa shape index (κ1) is 13.3. The molecule has 88 valence electrons. The van der Waals surface area contributed by atoms with Crippen LogP contribution in [0.4, 0.5) is 0 Å². The zero-order valence-electron chi connectivity index (χ0n) is 9.37. The van der Waals surface area contributed by atoms with Crippen molar-refractivity contribution in [2.24, 2.45) is 5.92 Å². The van der Waals surface area contributed by atoms with Crippen LogP contribution in [0.1, 0.15) is 30.6 Å². The van der Waals surface area contributed by atoms with Crippen LogP contribution in [-0.2, 0) is 4.74 Å². The number of phenolic OH excluding ortho intramolecular Hbond substituents is 1. The molecule has 0 bridgehead atoms. The van der Waals surface area contributed by atoms with Crippen molar-refractivity contribution in [3.63, 3.8) is 0 Å². The van der Waals surface area contributed by atoms with Crippen LogP contribution in [0.2, 0.25) is 0 Å². The molecule has 0 aliphatic carbocycles. The van der Waals surface area contributed by atoms with E-state index < -0.39 is 0 Å². The number of halogens is 1. The molecule has 0 atom stereocenters. The van der Waals surface area contributed by atoms with E-state index in [1.165, 1.54) is 6.07 Å². The van der Waals surface area contributed by atoms with Crippen molar-refractivity contribution in [2.75, 3.05) is 6.61 Å². The number of esters is 1. The molecule has 0 aliphatic heterocycles. The lowest BCUT2D eigenvalue weighted by Gasteiger charge is -2.07. The molecule has 1 N–H and O–H groups in total. The molecule has 0 saturated heterocycles. The first-order valence-corrected chi connectivity index (χ1v) is 6.24. The van der Waals surface area contributed by atoms with Crippen molar-refractivity contribution in [1.29, 1.82) is 0 Å². The second-order valence-corrected chi connectivity index (χ2v) is 5.15. The number of carbonyl (C=O) groups is 1. The number of phenols is 1. The maximum atomic E-state index is 11.6. The van der Waals surface area contributed by atoms with Gasteiger partial charge in [0, 0.05) is 0 Å². The van der Waals surface area contributed by atoms with Gasteiger partial charge in [-0.15, -0.1) is 0 Å². The third-order valence-corrected chi connectivity index (χ3v) is 2.98. The molecule has 1 rings (SSSR count). The van der Waals surface area contributed by atoms with Crippen LogP contribution >= 0.6 is 22.6 Å². The van der Waals surface area contributed by atoms with Gasteiger partial charge in [-0.25, -0.2) is 4.79 Å². The van der Waals surface area contributed by atoms with Crippen LogP contribution in [0.5, 0.6) is 5.75 Å². The number of ether oxygens (including phenoxy) is 1. The largest absolute Gasteiger partial charge is 0.507 e. The Balaban J connectivity index is 2.56. The Bertz CT molecular complexity index is 375. The number of rotatable bonds is 4. The van der Waals surface area contributed by atoms with Crippen LogP contribution in [0, 0.1) is 9.49 Å². The second-order valence-electron chi connectivity index (χ2n) is 3.98. The Labute approximate surface area is 109 Å². The molecule has 0 aliphatic rings. The average molecular weight is 334 g/mol. The van der Waals surface area contributed by atoms with Gasteiger partial charge in [0.25, 0.3) is 0 Å². The van der Waals surface area contributed by atoms with Gasteiger partial charge in [0.15, 0.2) is 0 Å². The zero-order chi connectivity index (χ0) is 12.1. The lowest BCUT2D eigenvalue weighted by molar-refractivity contribution is 0.0488. The van der Waals surface area contributed by atoms with E-state index in [1.807, 2.05) is 22.6 Å². The molecule has 0 radical (unpaired) electrons. The van der Waals surface area contributed by atoms with Gasteiger partial charge in [-0.2, -0.15) is 0 Å². The van der Waals surface area contributed by atoms with Gasteiger partial charge >= 0.3 is 5.97 Å². The smallest absolute Gasteiger partial charge is 0.338 e. The van der Waals surface area contributed by atoms with Crippen molar-refractivity contribution in [3.05, 3.63) is 27.3 Å². The molecule has 0 fully saturated rings. The second kappa shape index (κ2) is 6.08. The van der Waals surface area contributed by atoms with Gasteiger partial charge in [-0.1, -0.05) is 13.8 Å². The minimum Gasteiger partial charge on any atom is -0.507 e. The molecule has 4 heteroatoms. The molecule has 0 unspecified atom stereocenters. The van der Waals surface area contributed by atoms with Crippen molar-refractivity contribution < 1.29 is 14.6 Å². The third kappa shape index (κ3) is 4.00. The SMILES string of the molecule is CC(C)CCOC(=O)c1ccc(O)c(I)c1. The van der Waals surface area contributed by atoms with E-state index in [1.54, 1.807) is 12.1 Å². The fourth-order valence-corrected chi connectivity index (χ4v) is 1.62. The maximum Gasteiger partial charge on any atom is 0.338 e. The minimum atomic E-state index is -0.335. The van der Waals surface area contributed by atoms with Crippen molar-refractivity contribution in [3.8, 4) is 5.75 Å². The van der Waals surface area contributed by atoms with E-state index >= 15 is 0 Å². The molecular weight excluding hydrogens is 319 g/mol. The third-order valence-electron chi connectivity index (χ3n) is 2.11. The summed E-state index contributed by atoms with van der Waals surface area (Å²) in [5.74, 6) is 0.366. The van der Waals surface area contributed by atoms with Gasteiger partial charge in [0.2, 0.25) is 0 Å². The average Bonchev–Trinajstić information content (AvgIpc) is 2.21. The van der Waals surface area contributed by atoms with E-state index in [2.05, 4.69) is 13.8 Å². The summed E-state index contributed by atoms with van der Waals surface area (Å²) < 4.78 is 5.76. The molecule has 3 nitrogen and oxygen atoms in total. The Morgan fingerprint density at radius 2 is 2.19 bits per heavy atom. The van der Waals surface area contributed by atoms with Gasteiger partial charge in [-0.3, -0.25) is 0 Å². The molecule has 0 aromatic heterocycles. The Hall–Kier alpha value is -0.780. The van der Waals surface area contributed by atoms with E-state index in [0.717, 1.165) is 6.42 Å².